The normalized spacial score (nSPS) is 13.0. The molecular formula is C9H8N2O. The van der Waals surface area contributed by atoms with Gasteiger partial charge in [0.05, 0.1) is 11.3 Å². The van der Waals surface area contributed by atoms with E-state index in [1.54, 1.807) is 12.3 Å². The van der Waals surface area contributed by atoms with E-state index in [0.717, 1.165) is 17.7 Å². The van der Waals surface area contributed by atoms with E-state index >= 15 is 0 Å². The Balaban J connectivity index is 2.63. The standard InChI is InChI=1S/C9H8N2O/c10-9(12)7-3-1-2-6-4-5-11-8(6)7/h1-3,5H,4H2,(H2,10,12). The zero-order valence-electron chi connectivity index (χ0n) is 6.45. The fraction of sp³-hybridized carbons (Fsp3) is 0.111. The third kappa shape index (κ3) is 0.906. The van der Waals surface area contributed by atoms with Crippen LogP contribution in [0, 0.1) is 0 Å². The third-order valence-corrected chi connectivity index (χ3v) is 1.92. The Kier molecular flexibility index (Phi) is 1.43. The minimum Gasteiger partial charge on any atom is -0.366 e. The van der Waals surface area contributed by atoms with E-state index in [1.165, 1.54) is 0 Å². The highest BCUT2D eigenvalue weighted by atomic mass is 16.1. The number of benzene rings is 1. The van der Waals surface area contributed by atoms with Gasteiger partial charge in [0.15, 0.2) is 0 Å². The van der Waals surface area contributed by atoms with Crippen LogP contribution in [-0.4, -0.2) is 12.1 Å². The summed E-state index contributed by atoms with van der Waals surface area (Å²) in [5.41, 5.74) is 7.51. The van der Waals surface area contributed by atoms with Crippen molar-refractivity contribution in [3.63, 3.8) is 0 Å². The van der Waals surface area contributed by atoms with Crippen molar-refractivity contribution in [1.82, 2.24) is 0 Å². The van der Waals surface area contributed by atoms with Crippen molar-refractivity contribution in [3.05, 3.63) is 29.3 Å². The van der Waals surface area contributed by atoms with Crippen molar-refractivity contribution < 1.29 is 4.79 Å². The lowest BCUT2D eigenvalue weighted by Gasteiger charge is -2.00. The first kappa shape index (κ1) is 7.03. The molecule has 0 saturated heterocycles. The predicted molar refractivity (Wildman–Crippen MR) is 46.8 cm³/mol. The number of hydrogen-bond donors (Lipinski definition) is 1. The number of fused-ring (bicyclic) bond motifs is 1. The Labute approximate surface area is 69.9 Å². The lowest BCUT2D eigenvalue weighted by Crippen LogP contribution is -2.11. The maximum absolute atomic E-state index is 10.9. The van der Waals surface area contributed by atoms with Crippen molar-refractivity contribution in [1.29, 1.82) is 0 Å². The van der Waals surface area contributed by atoms with Gasteiger partial charge in [-0.15, -0.1) is 0 Å². The summed E-state index contributed by atoms with van der Waals surface area (Å²) in [7, 11) is 0. The van der Waals surface area contributed by atoms with E-state index in [9.17, 15) is 4.79 Å². The summed E-state index contributed by atoms with van der Waals surface area (Å²) in [4.78, 5) is 15.0. The second-order valence-electron chi connectivity index (χ2n) is 2.69. The zero-order chi connectivity index (χ0) is 8.55. The number of carbonyl (C=O) groups is 1. The Morgan fingerprint density at radius 2 is 2.33 bits per heavy atom. The number of primary amides is 1. The smallest absolute Gasteiger partial charge is 0.250 e. The molecule has 12 heavy (non-hydrogen) atoms. The molecule has 0 aromatic heterocycles. The summed E-state index contributed by atoms with van der Waals surface area (Å²) in [6.07, 6.45) is 2.59. The molecule has 2 rings (SSSR count). The molecule has 1 heterocycles. The maximum Gasteiger partial charge on any atom is 0.250 e. The molecule has 1 aromatic carbocycles. The van der Waals surface area contributed by atoms with Crippen molar-refractivity contribution in [2.75, 3.05) is 0 Å². The average Bonchev–Trinajstić information content (AvgIpc) is 2.49. The number of nitrogens with zero attached hydrogens (tertiary/aromatic N) is 1. The number of carbonyl (C=O) groups excluding carboxylic acids is 1. The number of para-hydroxylation sites is 1. The number of rotatable bonds is 1. The molecule has 0 fully saturated rings. The molecule has 3 nitrogen and oxygen atoms in total. The second kappa shape index (κ2) is 2.44. The monoisotopic (exact) mass is 160 g/mol. The van der Waals surface area contributed by atoms with E-state index in [0.29, 0.717) is 5.56 Å². The zero-order valence-corrected chi connectivity index (χ0v) is 6.45. The van der Waals surface area contributed by atoms with Crippen LogP contribution in [0.15, 0.2) is 23.2 Å². The van der Waals surface area contributed by atoms with Gasteiger partial charge in [0.2, 0.25) is 0 Å². The summed E-state index contributed by atoms with van der Waals surface area (Å²) in [5, 5.41) is 0. The molecule has 1 aromatic rings. The van der Waals surface area contributed by atoms with Gasteiger partial charge < -0.3 is 5.73 Å². The Bertz CT molecular complexity index is 369. The Morgan fingerprint density at radius 3 is 3.08 bits per heavy atom. The van der Waals surface area contributed by atoms with Gasteiger partial charge in [0, 0.05) is 12.6 Å². The molecule has 0 saturated carbocycles. The number of aliphatic imine (C=N–C) groups is 1. The van der Waals surface area contributed by atoms with Crippen LogP contribution in [0.4, 0.5) is 5.69 Å². The SMILES string of the molecule is NC(=O)c1cccc2c1N=CC2. The summed E-state index contributed by atoms with van der Waals surface area (Å²) >= 11 is 0. The minimum absolute atomic E-state index is 0.411. The van der Waals surface area contributed by atoms with Crippen LogP contribution >= 0.6 is 0 Å². The van der Waals surface area contributed by atoms with Crippen LogP contribution < -0.4 is 5.73 Å². The molecule has 1 amide bonds. The van der Waals surface area contributed by atoms with Gasteiger partial charge in [-0.3, -0.25) is 9.79 Å². The van der Waals surface area contributed by atoms with Gasteiger partial charge in [-0.25, -0.2) is 0 Å². The van der Waals surface area contributed by atoms with Crippen LogP contribution in [-0.2, 0) is 6.42 Å². The number of nitrogens with two attached hydrogens (primary N) is 1. The van der Waals surface area contributed by atoms with E-state index in [2.05, 4.69) is 4.99 Å². The molecule has 0 spiro atoms. The average molecular weight is 160 g/mol. The number of amides is 1. The van der Waals surface area contributed by atoms with E-state index in [4.69, 9.17) is 5.73 Å². The Hall–Kier alpha value is -1.64. The summed E-state index contributed by atoms with van der Waals surface area (Å²) in [6.45, 7) is 0. The quantitative estimate of drug-likeness (QED) is 0.655. The molecule has 0 radical (unpaired) electrons. The Morgan fingerprint density at radius 1 is 1.50 bits per heavy atom. The first-order valence-corrected chi connectivity index (χ1v) is 3.73. The van der Waals surface area contributed by atoms with Crippen LogP contribution in [0.1, 0.15) is 15.9 Å². The largest absolute Gasteiger partial charge is 0.366 e. The molecule has 0 atom stereocenters. The van der Waals surface area contributed by atoms with Crippen LogP contribution in [0.5, 0.6) is 0 Å². The van der Waals surface area contributed by atoms with Crippen molar-refractivity contribution in [2.45, 2.75) is 6.42 Å². The van der Waals surface area contributed by atoms with Gasteiger partial charge in [-0.05, 0) is 11.6 Å². The lowest BCUT2D eigenvalue weighted by molar-refractivity contribution is 0.100. The van der Waals surface area contributed by atoms with Gasteiger partial charge in [-0.2, -0.15) is 0 Å². The molecule has 0 bridgehead atoms. The molecule has 2 N–H and O–H groups in total. The molecule has 3 heteroatoms. The summed E-state index contributed by atoms with van der Waals surface area (Å²) in [5.74, 6) is -0.411. The molecule has 0 unspecified atom stereocenters. The number of hydrogen-bond acceptors (Lipinski definition) is 2. The fourth-order valence-corrected chi connectivity index (χ4v) is 1.34. The first-order chi connectivity index (χ1) is 5.79. The van der Waals surface area contributed by atoms with Gasteiger partial charge in [0.25, 0.3) is 5.91 Å². The van der Waals surface area contributed by atoms with E-state index in [-0.39, 0.29) is 0 Å². The highest BCUT2D eigenvalue weighted by Crippen LogP contribution is 2.27. The van der Waals surface area contributed by atoms with E-state index < -0.39 is 5.91 Å². The van der Waals surface area contributed by atoms with Gasteiger partial charge in [0.1, 0.15) is 0 Å². The highest BCUT2D eigenvalue weighted by molar-refractivity contribution is 6.00. The fourth-order valence-electron chi connectivity index (χ4n) is 1.34. The predicted octanol–water partition coefficient (Wildman–Crippen LogP) is 1.04. The van der Waals surface area contributed by atoms with Crippen LogP contribution in [0.3, 0.4) is 0 Å². The highest BCUT2D eigenvalue weighted by Gasteiger charge is 2.13. The van der Waals surface area contributed by atoms with Gasteiger partial charge >= 0.3 is 0 Å². The molecule has 60 valence electrons. The third-order valence-electron chi connectivity index (χ3n) is 1.92. The lowest BCUT2D eigenvalue weighted by atomic mass is 10.1. The molecule has 1 aliphatic heterocycles. The van der Waals surface area contributed by atoms with Crippen molar-refractivity contribution in [2.24, 2.45) is 10.7 Å². The molecular weight excluding hydrogens is 152 g/mol. The van der Waals surface area contributed by atoms with Crippen molar-refractivity contribution >= 4 is 17.8 Å². The topological polar surface area (TPSA) is 55.5 Å². The molecule has 1 aliphatic rings. The van der Waals surface area contributed by atoms with Crippen LogP contribution in [0.25, 0.3) is 0 Å². The molecule has 0 aliphatic carbocycles. The first-order valence-electron chi connectivity index (χ1n) is 3.73. The minimum atomic E-state index is -0.411. The van der Waals surface area contributed by atoms with Crippen molar-refractivity contribution in [3.8, 4) is 0 Å². The maximum atomic E-state index is 10.9. The summed E-state index contributed by atoms with van der Waals surface area (Å²) < 4.78 is 0. The van der Waals surface area contributed by atoms with Crippen LogP contribution in [0.2, 0.25) is 0 Å². The van der Waals surface area contributed by atoms with E-state index in [1.807, 2.05) is 12.1 Å². The summed E-state index contributed by atoms with van der Waals surface area (Å²) in [6, 6.07) is 5.48. The second-order valence-corrected chi connectivity index (χ2v) is 2.69. The van der Waals surface area contributed by atoms with Gasteiger partial charge in [-0.1, -0.05) is 12.1 Å².